The summed E-state index contributed by atoms with van der Waals surface area (Å²) in [6.45, 7) is 6.38. The van der Waals surface area contributed by atoms with E-state index in [1.807, 2.05) is 45.0 Å². The van der Waals surface area contributed by atoms with Gasteiger partial charge in [-0.25, -0.2) is 4.79 Å². The summed E-state index contributed by atoms with van der Waals surface area (Å²) in [5.41, 5.74) is 3.09. The van der Waals surface area contributed by atoms with E-state index in [-0.39, 0.29) is 17.8 Å². The van der Waals surface area contributed by atoms with E-state index >= 15 is 0 Å². The van der Waals surface area contributed by atoms with Gasteiger partial charge in [0.25, 0.3) is 0 Å². The number of ketones is 1. The van der Waals surface area contributed by atoms with Crippen molar-refractivity contribution in [3.63, 3.8) is 0 Å². The lowest BCUT2D eigenvalue weighted by Crippen LogP contribution is -2.43. The zero-order valence-corrected chi connectivity index (χ0v) is 21.0. The first-order valence-corrected chi connectivity index (χ1v) is 12.6. The average molecular weight is 482 g/mol. The molecule has 0 bridgehead atoms. The summed E-state index contributed by atoms with van der Waals surface area (Å²) in [5.74, 6) is -2.28. The molecule has 1 aromatic rings. The van der Waals surface area contributed by atoms with Crippen molar-refractivity contribution >= 4 is 17.7 Å². The zero-order chi connectivity index (χ0) is 25.1. The number of carbonyl (C=O) groups excluding carboxylic acids is 3. The molecule has 1 aliphatic heterocycles. The molecule has 0 unspecified atom stereocenters. The van der Waals surface area contributed by atoms with Crippen LogP contribution in [0.25, 0.3) is 0 Å². The molecule has 35 heavy (non-hydrogen) atoms. The molecule has 0 aromatic heterocycles. The molecule has 1 heterocycles. The predicted octanol–water partition coefficient (Wildman–Crippen LogP) is 4.57. The third kappa shape index (κ3) is 5.00. The van der Waals surface area contributed by atoms with E-state index in [1.165, 1.54) is 7.11 Å². The molecule has 0 spiro atoms. The molecule has 1 aromatic carbocycles. The standard InChI is InChI=1S/C28H35NO6/c1-5-14-34-19-12-10-18(11-13-19)24-23(28(32)35-20-8-6-7-9-20)17(3)29-21-15-16(2)22(27(31)33-4)26(30)25(21)24/h10-13,16,20,22,24,29H,5-9,14-15H2,1-4H3/t16-,22+,24+/m0/s1. The number of hydrogen-bond donors (Lipinski definition) is 1. The maximum Gasteiger partial charge on any atom is 0.337 e. The van der Waals surface area contributed by atoms with Gasteiger partial charge in [0, 0.05) is 22.9 Å². The van der Waals surface area contributed by atoms with E-state index in [9.17, 15) is 14.4 Å². The number of rotatable bonds is 7. The first-order chi connectivity index (χ1) is 16.8. The quantitative estimate of drug-likeness (QED) is 0.450. The number of carbonyl (C=O) groups is 3. The summed E-state index contributed by atoms with van der Waals surface area (Å²) in [5, 5.41) is 3.31. The van der Waals surface area contributed by atoms with Crippen molar-refractivity contribution in [2.45, 2.75) is 71.3 Å². The third-order valence-corrected chi connectivity index (χ3v) is 7.23. The van der Waals surface area contributed by atoms with Crippen molar-refractivity contribution < 1.29 is 28.6 Å². The van der Waals surface area contributed by atoms with Crippen molar-refractivity contribution in [2.24, 2.45) is 11.8 Å². The van der Waals surface area contributed by atoms with Gasteiger partial charge in [-0.1, -0.05) is 26.0 Å². The number of benzene rings is 1. The monoisotopic (exact) mass is 481 g/mol. The molecule has 3 atom stereocenters. The smallest absolute Gasteiger partial charge is 0.337 e. The molecule has 1 fully saturated rings. The molecule has 0 radical (unpaired) electrons. The topological polar surface area (TPSA) is 90.9 Å². The van der Waals surface area contributed by atoms with Crippen molar-refractivity contribution in [2.75, 3.05) is 13.7 Å². The summed E-state index contributed by atoms with van der Waals surface area (Å²) in [6.07, 6.45) is 5.11. The minimum Gasteiger partial charge on any atom is -0.494 e. The largest absolute Gasteiger partial charge is 0.494 e. The number of allylic oxidation sites excluding steroid dienone is 3. The van der Waals surface area contributed by atoms with E-state index in [4.69, 9.17) is 14.2 Å². The lowest BCUT2D eigenvalue weighted by atomic mass is 9.69. The summed E-state index contributed by atoms with van der Waals surface area (Å²) in [7, 11) is 1.30. The molecule has 3 aliphatic rings. The second-order valence-electron chi connectivity index (χ2n) is 9.76. The van der Waals surface area contributed by atoms with Gasteiger partial charge >= 0.3 is 11.9 Å². The third-order valence-electron chi connectivity index (χ3n) is 7.23. The lowest BCUT2D eigenvalue weighted by Gasteiger charge is -2.38. The molecular weight excluding hydrogens is 446 g/mol. The van der Waals surface area contributed by atoms with Crippen LogP contribution in [0.15, 0.2) is 46.8 Å². The summed E-state index contributed by atoms with van der Waals surface area (Å²) in [4.78, 5) is 39.8. The zero-order valence-electron chi connectivity index (χ0n) is 21.0. The number of esters is 2. The van der Waals surface area contributed by atoms with Crippen LogP contribution in [0, 0.1) is 11.8 Å². The Labute approximate surface area is 206 Å². The minimum absolute atomic E-state index is 0.103. The van der Waals surface area contributed by atoms with Crippen LogP contribution in [-0.4, -0.2) is 37.5 Å². The van der Waals surface area contributed by atoms with Crippen molar-refractivity contribution in [1.29, 1.82) is 0 Å². The van der Waals surface area contributed by atoms with Gasteiger partial charge < -0.3 is 19.5 Å². The SMILES string of the molecule is CCCOc1ccc([C@@H]2C(C(=O)OC3CCCC3)=C(C)NC3=C2C(=O)[C@H](C(=O)OC)[C@@H](C)C3)cc1. The Morgan fingerprint density at radius 1 is 1.11 bits per heavy atom. The average Bonchev–Trinajstić information content (AvgIpc) is 3.35. The Kier molecular flexibility index (Phi) is 7.63. The van der Waals surface area contributed by atoms with Gasteiger partial charge in [0.15, 0.2) is 5.78 Å². The van der Waals surface area contributed by atoms with Gasteiger partial charge in [-0.15, -0.1) is 0 Å². The maximum atomic E-state index is 13.8. The van der Waals surface area contributed by atoms with Crippen LogP contribution < -0.4 is 10.1 Å². The van der Waals surface area contributed by atoms with Gasteiger partial charge in [-0.2, -0.15) is 0 Å². The summed E-state index contributed by atoms with van der Waals surface area (Å²) in [6, 6.07) is 7.49. The number of hydrogen-bond acceptors (Lipinski definition) is 7. The molecule has 2 aliphatic carbocycles. The Bertz CT molecular complexity index is 1050. The Hall–Kier alpha value is -3.09. The minimum atomic E-state index is -0.902. The fourth-order valence-corrected chi connectivity index (χ4v) is 5.48. The van der Waals surface area contributed by atoms with Gasteiger partial charge in [0.1, 0.15) is 17.8 Å². The van der Waals surface area contributed by atoms with E-state index in [2.05, 4.69) is 5.32 Å². The summed E-state index contributed by atoms with van der Waals surface area (Å²) >= 11 is 0. The number of nitrogens with one attached hydrogen (secondary N) is 1. The number of dihydropyridines is 1. The first-order valence-electron chi connectivity index (χ1n) is 12.6. The highest BCUT2D eigenvalue weighted by atomic mass is 16.5. The molecule has 1 N–H and O–H groups in total. The molecule has 7 nitrogen and oxygen atoms in total. The Morgan fingerprint density at radius 3 is 2.43 bits per heavy atom. The summed E-state index contributed by atoms with van der Waals surface area (Å²) < 4.78 is 16.6. The Balaban J connectivity index is 1.76. The fraction of sp³-hybridized carbons (Fsp3) is 0.536. The molecule has 0 amide bonds. The number of ether oxygens (including phenoxy) is 3. The molecule has 0 saturated heterocycles. The number of Topliss-reactive ketones (excluding diaryl/α,β-unsaturated/α-hetero) is 1. The molecule has 4 rings (SSSR count). The van der Waals surface area contributed by atoms with Crippen molar-refractivity contribution in [3.8, 4) is 5.75 Å². The van der Waals surface area contributed by atoms with Gasteiger partial charge in [0.05, 0.1) is 19.3 Å². The normalized spacial score (nSPS) is 24.7. The fourth-order valence-electron chi connectivity index (χ4n) is 5.48. The van der Waals surface area contributed by atoms with Gasteiger partial charge in [0.2, 0.25) is 0 Å². The second-order valence-corrected chi connectivity index (χ2v) is 9.76. The van der Waals surface area contributed by atoms with E-state index in [1.54, 1.807) is 0 Å². The van der Waals surface area contributed by atoms with Gasteiger partial charge in [-0.3, -0.25) is 9.59 Å². The van der Waals surface area contributed by atoms with Crippen LogP contribution in [-0.2, 0) is 23.9 Å². The number of methoxy groups -OCH3 is 1. The van der Waals surface area contributed by atoms with Gasteiger partial charge in [-0.05, 0) is 69.1 Å². The van der Waals surface area contributed by atoms with Crippen LogP contribution in [0.2, 0.25) is 0 Å². The molecule has 7 heteroatoms. The van der Waals surface area contributed by atoms with Crippen LogP contribution >= 0.6 is 0 Å². The molecule has 1 saturated carbocycles. The van der Waals surface area contributed by atoms with Crippen LogP contribution in [0.3, 0.4) is 0 Å². The first kappa shape index (κ1) is 25.0. The highest BCUT2D eigenvalue weighted by Gasteiger charge is 2.47. The highest BCUT2D eigenvalue weighted by Crippen LogP contribution is 2.46. The van der Waals surface area contributed by atoms with Crippen LogP contribution in [0.5, 0.6) is 5.75 Å². The predicted molar refractivity (Wildman–Crippen MR) is 130 cm³/mol. The van der Waals surface area contributed by atoms with Crippen molar-refractivity contribution in [1.82, 2.24) is 5.32 Å². The van der Waals surface area contributed by atoms with E-state index in [0.29, 0.717) is 29.9 Å². The lowest BCUT2D eigenvalue weighted by molar-refractivity contribution is -0.151. The molecular formula is C28H35NO6. The van der Waals surface area contributed by atoms with Crippen LogP contribution in [0.4, 0.5) is 0 Å². The van der Waals surface area contributed by atoms with Crippen molar-refractivity contribution in [3.05, 3.63) is 52.4 Å². The van der Waals surface area contributed by atoms with Crippen LogP contribution in [0.1, 0.15) is 70.8 Å². The Morgan fingerprint density at radius 2 is 1.80 bits per heavy atom. The maximum absolute atomic E-state index is 13.8. The second kappa shape index (κ2) is 10.7. The van der Waals surface area contributed by atoms with E-state index in [0.717, 1.165) is 49.1 Å². The highest BCUT2D eigenvalue weighted by molar-refractivity contribution is 6.12. The van der Waals surface area contributed by atoms with E-state index < -0.39 is 23.8 Å². The molecule has 188 valence electrons.